The van der Waals surface area contributed by atoms with Gasteiger partial charge in [-0.3, -0.25) is 13.8 Å². The number of nitrogens with one attached hydrogen (secondary N) is 1. The van der Waals surface area contributed by atoms with Crippen LogP contribution in [-0.2, 0) is 33.4 Å². The van der Waals surface area contributed by atoms with Gasteiger partial charge in [-0.2, -0.15) is 8.42 Å². The van der Waals surface area contributed by atoms with Gasteiger partial charge in [0, 0.05) is 24.0 Å². The number of ether oxygens (including phenoxy) is 1. The highest BCUT2D eigenvalue weighted by Gasteiger charge is 2.62. The van der Waals surface area contributed by atoms with Crippen molar-refractivity contribution in [3.8, 4) is 0 Å². The summed E-state index contributed by atoms with van der Waals surface area (Å²) in [6.07, 6.45) is 6.17. The molecule has 3 aliphatic rings. The van der Waals surface area contributed by atoms with Gasteiger partial charge in [0.15, 0.2) is 0 Å². The Kier molecular flexibility index (Phi) is 8.45. The van der Waals surface area contributed by atoms with Crippen molar-refractivity contribution in [3.05, 3.63) is 40.9 Å². The Labute approximate surface area is 226 Å². The van der Waals surface area contributed by atoms with Crippen molar-refractivity contribution in [2.75, 3.05) is 20.2 Å². The summed E-state index contributed by atoms with van der Waals surface area (Å²) < 4.78 is 37.4. The molecule has 37 heavy (non-hydrogen) atoms. The summed E-state index contributed by atoms with van der Waals surface area (Å²) in [5, 5.41) is 2.89. The topological polar surface area (TPSA) is 119 Å². The quantitative estimate of drug-likeness (QED) is 0.315. The fourth-order valence-electron chi connectivity index (χ4n) is 5.26. The van der Waals surface area contributed by atoms with Crippen LogP contribution in [0.25, 0.3) is 0 Å². The minimum absolute atomic E-state index is 0.00383. The highest BCUT2D eigenvalue weighted by Crippen LogP contribution is 2.47. The Hall–Kier alpha value is -2.24. The smallest absolute Gasteiger partial charge is 0.332 e. The van der Waals surface area contributed by atoms with E-state index >= 15 is 0 Å². The van der Waals surface area contributed by atoms with Crippen molar-refractivity contribution < 1.29 is 31.7 Å². The summed E-state index contributed by atoms with van der Waals surface area (Å²) in [5.74, 6) is -2.95. The molecule has 4 rings (SSSR count). The van der Waals surface area contributed by atoms with Crippen molar-refractivity contribution in [2.45, 2.75) is 62.0 Å². The SMILES string of the molecule is CCOC(=O)C12CC1/C=C\CCCCN(C)C(=O)C1CC(OS(=O)(=O)c3ccc(Br)cc3)CC1C(=O)N2. The maximum absolute atomic E-state index is 13.6. The molecule has 0 radical (unpaired) electrons. The zero-order chi connectivity index (χ0) is 26.8. The molecule has 0 saturated heterocycles. The molecule has 2 saturated carbocycles. The van der Waals surface area contributed by atoms with Gasteiger partial charge in [-0.15, -0.1) is 0 Å². The predicted octanol–water partition coefficient (Wildman–Crippen LogP) is 3.19. The van der Waals surface area contributed by atoms with Crippen LogP contribution in [0.2, 0.25) is 0 Å². The minimum Gasteiger partial charge on any atom is -0.464 e. The number of nitrogens with zero attached hydrogens (tertiary/aromatic N) is 1. The lowest BCUT2D eigenvalue weighted by molar-refractivity contribution is -0.150. The second-order valence-electron chi connectivity index (χ2n) is 9.99. The standard InChI is InChI=1S/C26H33BrN2O7S/c1-3-35-25(32)26-16-17(26)8-6-4-5-7-13-29(2)24(31)22-15-19(14-21(22)23(30)28-26)36-37(33,34)20-11-9-18(27)10-12-20/h6,8-12,17,19,21-22H,3-5,7,13-16H2,1-2H3,(H,28,30)/b8-6-. The molecule has 5 atom stereocenters. The van der Waals surface area contributed by atoms with Crippen LogP contribution in [0.5, 0.6) is 0 Å². The van der Waals surface area contributed by atoms with Crippen molar-refractivity contribution in [1.82, 2.24) is 10.2 Å². The van der Waals surface area contributed by atoms with Crippen LogP contribution >= 0.6 is 15.9 Å². The molecule has 2 amide bonds. The van der Waals surface area contributed by atoms with E-state index in [9.17, 15) is 22.8 Å². The predicted molar refractivity (Wildman–Crippen MR) is 139 cm³/mol. The Balaban J connectivity index is 1.59. The Morgan fingerprint density at radius 1 is 1.16 bits per heavy atom. The van der Waals surface area contributed by atoms with Gasteiger partial charge in [-0.1, -0.05) is 28.1 Å². The maximum Gasteiger partial charge on any atom is 0.332 e. The normalized spacial score (nSPS) is 31.5. The van der Waals surface area contributed by atoms with E-state index in [4.69, 9.17) is 8.92 Å². The van der Waals surface area contributed by atoms with Crippen LogP contribution in [0.3, 0.4) is 0 Å². The first-order valence-corrected chi connectivity index (χ1v) is 14.9. The zero-order valence-corrected chi connectivity index (χ0v) is 23.4. The molecular weight excluding hydrogens is 564 g/mol. The minimum atomic E-state index is -4.10. The molecule has 0 spiro atoms. The summed E-state index contributed by atoms with van der Waals surface area (Å²) in [5.41, 5.74) is -1.16. The molecule has 1 aromatic carbocycles. The second-order valence-corrected chi connectivity index (χ2v) is 12.5. The van der Waals surface area contributed by atoms with Gasteiger partial charge in [0.25, 0.3) is 10.1 Å². The van der Waals surface area contributed by atoms with Crippen LogP contribution in [-0.4, -0.2) is 62.9 Å². The first-order valence-electron chi connectivity index (χ1n) is 12.7. The van der Waals surface area contributed by atoms with Crippen LogP contribution in [0.4, 0.5) is 0 Å². The van der Waals surface area contributed by atoms with E-state index in [1.54, 1.807) is 31.0 Å². The first-order chi connectivity index (χ1) is 17.6. The molecule has 1 aliphatic heterocycles. The third-order valence-electron chi connectivity index (χ3n) is 7.40. The van der Waals surface area contributed by atoms with Gasteiger partial charge in [-0.25, -0.2) is 4.79 Å². The number of halogens is 1. The largest absolute Gasteiger partial charge is 0.464 e. The molecule has 1 N–H and O–H groups in total. The molecule has 2 fully saturated rings. The monoisotopic (exact) mass is 596 g/mol. The Morgan fingerprint density at radius 2 is 1.86 bits per heavy atom. The summed E-state index contributed by atoms with van der Waals surface area (Å²) in [6.45, 7) is 2.43. The molecule has 2 aliphatic carbocycles. The van der Waals surface area contributed by atoms with Gasteiger partial charge >= 0.3 is 5.97 Å². The highest BCUT2D eigenvalue weighted by atomic mass is 79.9. The summed E-state index contributed by atoms with van der Waals surface area (Å²) in [4.78, 5) is 41.4. The van der Waals surface area contributed by atoms with Crippen molar-refractivity contribution >= 4 is 43.8 Å². The van der Waals surface area contributed by atoms with Crippen LogP contribution in [0, 0.1) is 17.8 Å². The van der Waals surface area contributed by atoms with Crippen LogP contribution in [0.15, 0.2) is 45.8 Å². The number of benzene rings is 1. The first kappa shape index (κ1) is 27.8. The van der Waals surface area contributed by atoms with Gasteiger partial charge in [0.2, 0.25) is 11.8 Å². The van der Waals surface area contributed by atoms with Crippen LogP contribution < -0.4 is 5.32 Å². The lowest BCUT2D eigenvalue weighted by atomic mass is 9.93. The van der Waals surface area contributed by atoms with E-state index in [-0.39, 0.29) is 36.2 Å². The third-order valence-corrected chi connectivity index (χ3v) is 9.30. The average Bonchev–Trinajstić information content (AvgIpc) is 3.39. The number of rotatable bonds is 5. The Bertz CT molecular complexity index is 1170. The summed E-state index contributed by atoms with van der Waals surface area (Å²) >= 11 is 3.28. The number of allylic oxidation sites excluding steroid dienone is 1. The van der Waals surface area contributed by atoms with Gasteiger partial charge in [0.1, 0.15) is 5.54 Å². The molecule has 11 heteroatoms. The highest BCUT2D eigenvalue weighted by molar-refractivity contribution is 9.10. The van der Waals surface area contributed by atoms with Gasteiger partial charge in [0.05, 0.1) is 29.4 Å². The number of hydrogen-bond donors (Lipinski definition) is 1. The van der Waals surface area contributed by atoms with E-state index in [1.165, 1.54) is 12.1 Å². The average molecular weight is 598 g/mol. The van der Waals surface area contributed by atoms with Crippen molar-refractivity contribution in [2.24, 2.45) is 17.8 Å². The molecule has 1 aromatic rings. The van der Waals surface area contributed by atoms with Gasteiger partial charge in [-0.05, 0) is 69.7 Å². The Morgan fingerprint density at radius 3 is 2.57 bits per heavy atom. The lowest BCUT2D eigenvalue weighted by Gasteiger charge is -2.26. The molecule has 0 aromatic heterocycles. The molecule has 9 nitrogen and oxygen atoms in total. The summed E-state index contributed by atoms with van der Waals surface area (Å²) in [7, 11) is -2.40. The number of carbonyl (C=O) groups is 3. The molecule has 5 unspecified atom stereocenters. The zero-order valence-electron chi connectivity index (χ0n) is 21.0. The molecule has 0 bridgehead atoms. The lowest BCUT2D eigenvalue weighted by Crippen LogP contribution is -2.50. The van der Waals surface area contributed by atoms with Crippen molar-refractivity contribution in [1.29, 1.82) is 0 Å². The second kappa shape index (κ2) is 11.2. The number of esters is 1. The fourth-order valence-corrected chi connectivity index (χ4v) is 6.62. The van der Waals surface area contributed by atoms with Crippen LogP contribution in [0.1, 0.15) is 45.4 Å². The van der Waals surface area contributed by atoms with Gasteiger partial charge < -0.3 is 15.0 Å². The van der Waals surface area contributed by atoms with E-state index in [0.29, 0.717) is 13.0 Å². The number of hydrogen-bond acceptors (Lipinski definition) is 7. The van der Waals surface area contributed by atoms with E-state index < -0.39 is 45.5 Å². The summed E-state index contributed by atoms with van der Waals surface area (Å²) in [6, 6.07) is 6.06. The third kappa shape index (κ3) is 6.09. The fraction of sp³-hybridized carbons (Fsp3) is 0.577. The van der Waals surface area contributed by atoms with Crippen molar-refractivity contribution in [3.63, 3.8) is 0 Å². The maximum atomic E-state index is 13.6. The number of carbonyl (C=O) groups excluding carboxylic acids is 3. The van der Waals surface area contributed by atoms with E-state index in [2.05, 4.69) is 21.2 Å². The number of fused-ring (bicyclic) bond motifs is 2. The molecule has 1 heterocycles. The molecular formula is C26H33BrN2O7S. The number of amides is 2. The van der Waals surface area contributed by atoms with E-state index in [0.717, 1.165) is 23.7 Å². The molecule has 202 valence electrons. The van der Waals surface area contributed by atoms with E-state index in [1.807, 2.05) is 12.2 Å².